The smallest absolute Gasteiger partial charge is 0.125 e. The minimum atomic E-state index is -0.235. The molecule has 3 heteroatoms. The molecule has 0 unspecified atom stereocenters. The second-order valence-corrected chi connectivity index (χ2v) is 4.28. The summed E-state index contributed by atoms with van der Waals surface area (Å²) in [6, 6.07) is 14.5. The van der Waals surface area contributed by atoms with Gasteiger partial charge in [-0.2, -0.15) is 0 Å². The van der Waals surface area contributed by atoms with E-state index in [9.17, 15) is 4.39 Å². The highest BCUT2D eigenvalue weighted by Gasteiger charge is 1.96. The topological polar surface area (TPSA) is 21.3 Å². The van der Waals surface area contributed by atoms with Crippen molar-refractivity contribution in [1.29, 1.82) is 0 Å². The van der Waals surface area contributed by atoms with E-state index in [2.05, 4.69) is 24.4 Å². The molecule has 2 rings (SSSR count). The summed E-state index contributed by atoms with van der Waals surface area (Å²) in [5.74, 6) is 0.624. The van der Waals surface area contributed by atoms with E-state index in [4.69, 9.17) is 4.74 Å². The van der Waals surface area contributed by atoms with Crippen LogP contribution in [0.4, 0.5) is 10.1 Å². The predicted molar refractivity (Wildman–Crippen MR) is 76.2 cm³/mol. The van der Waals surface area contributed by atoms with Crippen molar-refractivity contribution in [2.75, 3.05) is 18.5 Å². The summed E-state index contributed by atoms with van der Waals surface area (Å²) in [6.45, 7) is 3.31. The highest BCUT2D eigenvalue weighted by Crippen LogP contribution is 2.12. The molecule has 2 aromatic carbocycles. The number of hydrogen-bond donors (Lipinski definition) is 1. The summed E-state index contributed by atoms with van der Waals surface area (Å²) in [7, 11) is 0. The van der Waals surface area contributed by atoms with E-state index in [1.54, 1.807) is 6.07 Å². The van der Waals surface area contributed by atoms with Crippen molar-refractivity contribution >= 4 is 5.69 Å². The van der Waals surface area contributed by atoms with Gasteiger partial charge in [-0.25, -0.2) is 4.39 Å². The Labute approximate surface area is 113 Å². The van der Waals surface area contributed by atoms with Crippen molar-refractivity contribution in [3.63, 3.8) is 0 Å². The molecule has 0 saturated carbocycles. The molecule has 0 aromatic heterocycles. The molecule has 0 radical (unpaired) electrons. The van der Waals surface area contributed by atoms with Crippen molar-refractivity contribution in [3.05, 3.63) is 59.9 Å². The number of nitrogens with one attached hydrogen (secondary N) is 1. The molecule has 2 nitrogen and oxygen atoms in total. The molecule has 2 aromatic rings. The van der Waals surface area contributed by atoms with Crippen LogP contribution in [-0.4, -0.2) is 13.2 Å². The van der Waals surface area contributed by atoms with Crippen LogP contribution in [0, 0.1) is 5.82 Å². The van der Waals surface area contributed by atoms with Crippen molar-refractivity contribution in [2.24, 2.45) is 0 Å². The standard InChI is InChI=1S/C16H18FNO/c1-2-13-6-8-16(9-7-13)19-11-10-18-15-5-3-4-14(17)12-15/h3-9,12,18H,2,10-11H2,1H3. The Morgan fingerprint density at radius 2 is 1.89 bits per heavy atom. The Morgan fingerprint density at radius 3 is 2.58 bits per heavy atom. The summed E-state index contributed by atoms with van der Waals surface area (Å²) in [5.41, 5.74) is 2.06. The van der Waals surface area contributed by atoms with Gasteiger partial charge in [-0.05, 0) is 42.3 Å². The van der Waals surface area contributed by atoms with Gasteiger partial charge in [0.1, 0.15) is 18.2 Å². The first-order chi connectivity index (χ1) is 9.28. The van der Waals surface area contributed by atoms with E-state index < -0.39 is 0 Å². The maximum Gasteiger partial charge on any atom is 0.125 e. The van der Waals surface area contributed by atoms with Gasteiger partial charge >= 0.3 is 0 Å². The fourth-order valence-corrected chi connectivity index (χ4v) is 1.78. The Balaban J connectivity index is 1.74. The number of rotatable bonds is 6. The molecule has 100 valence electrons. The molecule has 1 N–H and O–H groups in total. The van der Waals surface area contributed by atoms with Crippen LogP contribution >= 0.6 is 0 Å². The lowest BCUT2D eigenvalue weighted by atomic mass is 10.2. The lowest BCUT2D eigenvalue weighted by Crippen LogP contribution is -2.11. The van der Waals surface area contributed by atoms with E-state index in [0.717, 1.165) is 17.9 Å². The SMILES string of the molecule is CCc1ccc(OCCNc2cccc(F)c2)cc1. The van der Waals surface area contributed by atoms with Crippen molar-refractivity contribution in [3.8, 4) is 5.75 Å². The number of halogens is 1. The van der Waals surface area contributed by atoms with Crippen LogP contribution in [0.15, 0.2) is 48.5 Å². The highest BCUT2D eigenvalue weighted by atomic mass is 19.1. The summed E-state index contributed by atoms with van der Waals surface area (Å²) in [4.78, 5) is 0. The van der Waals surface area contributed by atoms with Gasteiger partial charge in [0.05, 0.1) is 0 Å². The largest absolute Gasteiger partial charge is 0.492 e. The highest BCUT2D eigenvalue weighted by molar-refractivity contribution is 5.42. The minimum Gasteiger partial charge on any atom is -0.492 e. The third-order valence-corrected chi connectivity index (χ3v) is 2.86. The average molecular weight is 259 g/mol. The van der Waals surface area contributed by atoms with Crippen LogP contribution in [0.2, 0.25) is 0 Å². The van der Waals surface area contributed by atoms with Crippen LogP contribution in [0.1, 0.15) is 12.5 Å². The monoisotopic (exact) mass is 259 g/mol. The lowest BCUT2D eigenvalue weighted by molar-refractivity contribution is 0.333. The fraction of sp³-hybridized carbons (Fsp3) is 0.250. The third kappa shape index (κ3) is 4.28. The normalized spacial score (nSPS) is 10.2. The second kappa shape index (κ2) is 6.78. The van der Waals surface area contributed by atoms with Crippen LogP contribution in [0.3, 0.4) is 0 Å². The number of ether oxygens (including phenoxy) is 1. The van der Waals surface area contributed by atoms with Crippen molar-refractivity contribution < 1.29 is 9.13 Å². The molecule has 0 atom stereocenters. The quantitative estimate of drug-likeness (QED) is 0.795. The molecule has 19 heavy (non-hydrogen) atoms. The van der Waals surface area contributed by atoms with Crippen LogP contribution in [0.5, 0.6) is 5.75 Å². The Hall–Kier alpha value is -2.03. The predicted octanol–water partition coefficient (Wildman–Crippen LogP) is 3.88. The average Bonchev–Trinajstić information content (AvgIpc) is 2.44. The van der Waals surface area contributed by atoms with Gasteiger partial charge in [-0.1, -0.05) is 25.1 Å². The number of benzene rings is 2. The molecule has 0 saturated heterocycles. The van der Waals surface area contributed by atoms with E-state index in [-0.39, 0.29) is 5.82 Å². The maximum atomic E-state index is 12.9. The molecule has 0 spiro atoms. The van der Waals surface area contributed by atoms with E-state index in [1.165, 1.54) is 17.7 Å². The van der Waals surface area contributed by atoms with Gasteiger partial charge in [-0.15, -0.1) is 0 Å². The first-order valence-corrected chi connectivity index (χ1v) is 6.49. The molecule has 0 fully saturated rings. The maximum absolute atomic E-state index is 12.9. The Kier molecular flexibility index (Phi) is 4.78. The summed E-state index contributed by atoms with van der Waals surface area (Å²) < 4.78 is 18.5. The van der Waals surface area contributed by atoms with Gasteiger partial charge in [0, 0.05) is 12.2 Å². The van der Waals surface area contributed by atoms with Crippen LogP contribution < -0.4 is 10.1 Å². The Morgan fingerprint density at radius 1 is 1.11 bits per heavy atom. The van der Waals surface area contributed by atoms with Crippen molar-refractivity contribution in [1.82, 2.24) is 0 Å². The van der Waals surface area contributed by atoms with Gasteiger partial charge in [0.15, 0.2) is 0 Å². The van der Waals surface area contributed by atoms with E-state index in [1.807, 2.05) is 18.2 Å². The minimum absolute atomic E-state index is 0.235. The molecule has 0 heterocycles. The summed E-state index contributed by atoms with van der Waals surface area (Å²) in [6.07, 6.45) is 1.03. The molecule has 0 bridgehead atoms. The van der Waals surface area contributed by atoms with Crippen molar-refractivity contribution in [2.45, 2.75) is 13.3 Å². The molecule has 0 aliphatic rings. The molecule has 0 aliphatic heterocycles. The number of anilines is 1. The van der Waals surface area contributed by atoms with Gasteiger partial charge in [0.2, 0.25) is 0 Å². The molecule has 0 amide bonds. The third-order valence-electron chi connectivity index (χ3n) is 2.86. The summed E-state index contributed by atoms with van der Waals surface area (Å²) >= 11 is 0. The first kappa shape index (κ1) is 13.4. The van der Waals surface area contributed by atoms with Gasteiger partial charge < -0.3 is 10.1 Å². The second-order valence-electron chi connectivity index (χ2n) is 4.28. The Bertz CT molecular complexity index is 510. The first-order valence-electron chi connectivity index (χ1n) is 6.49. The van der Waals surface area contributed by atoms with Gasteiger partial charge in [0.25, 0.3) is 0 Å². The van der Waals surface area contributed by atoms with Crippen LogP contribution in [-0.2, 0) is 6.42 Å². The summed E-state index contributed by atoms with van der Waals surface area (Å²) in [5, 5.41) is 3.11. The van der Waals surface area contributed by atoms with Crippen LogP contribution in [0.25, 0.3) is 0 Å². The van der Waals surface area contributed by atoms with E-state index >= 15 is 0 Å². The zero-order chi connectivity index (χ0) is 13.5. The molecule has 0 aliphatic carbocycles. The zero-order valence-electron chi connectivity index (χ0n) is 11.0. The lowest BCUT2D eigenvalue weighted by Gasteiger charge is -2.09. The van der Waals surface area contributed by atoms with E-state index in [0.29, 0.717) is 13.2 Å². The van der Waals surface area contributed by atoms with Gasteiger partial charge in [-0.3, -0.25) is 0 Å². The molecular formula is C16H18FNO. The molecular weight excluding hydrogens is 241 g/mol. The number of hydrogen-bond acceptors (Lipinski definition) is 2. The fourth-order valence-electron chi connectivity index (χ4n) is 1.78. The number of aryl methyl sites for hydroxylation is 1. The zero-order valence-corrected chi connectivity index (χ0v) is 11.0.